The van der Waals surface area contributed by atoms with Crippen molar-refractivity contribution in [2.45, 2.75) is 19.9 Å². The third-order valence-electron chi connectivity index (χ3n) is 4.68. The van der Waals surface area contributed by atoms with Crippen LogP contribution in [0.1, 0.15) is 27.3 Å². The van der Waals surface area contributed by atoms with Gasteiger partial charge in [-0.2, -0.15) is 0 Å². The third kappa shape index (κ3) is 2.14. The molecule has 1 N–H and O–H groups in total. The molecule has 3 heterocycles. The van der Waals surface area contributed by atoms with Crippen LogP contribution in [0.5, 0.6) is 0 Å². The van der Waals surface area contributed by atoms with Gasteiger partial charge in [-0.15, -0.1) is 0 Å². The van der Waals surface area contributed by atoms with E-state index in [-0.39, 0.29) is 11.5 Å². The number of nitrogens with one attached hydrogen (secondary N) is 1. The van der Waals surface area contributed by atoms with E-state index >= 15 is 0 Å². The van der Waals surface area contributed by atoms with Crippen molar-refractivity contribution in [2.24, 2.45) is 7.05 Å². The zero-order valence-electron chi connectivity index (χ0n) is 13.7. The summed E-state index contributed by atoms with van der Waals surface area (Å²) in [5.74, 6) is -0.0157. The number of carbonyl (C=O) groups excluding carboxylic acids is 1. The van der Waals surface area contributed by atoms with Crippen LogP contribution in [0.2, 0.25) is 0 Å². The van der Waals surface area contributed by atoms with E-state index in [4.69, 9.17) is 0 Å². The van der Waals surface area contributed by atoms with Crippen LogP contribution in [-0.4, -0.2) is 31.9 Å². The summed E-state index contributed by atoms with van der Waals surface area (Å²) in [6, 6.07) is 7.81. The van der Waals surface area contributed by atoms with Gasteiger partial charge in [-0.3, -0.25) is 9.59 Å². The molecular formula is C18H18N4O2. The molecule has 0 unspecified atom stereocenters. The molecule has 0 aliphatic carbocycles. The standard InChI is InChI=1S/C18H18N4O2/c1-11-16(12-5-3-4-6-14(12)20-11)18(24)22-8-7-13-15(9-22)19-10-21(2)17(13)23/h3-6,10,20H,7-9H2,1-2H3. The summed E-state index contributed by atoms with van der Waals surface area (Å²) in [4.78, 5) is 34.6. The molecule has 0 saturated carbocycles. The summed E-state index contributed by atoms with van der Waals surface area (Å²) in [7, 11) is 1.70. The van der Waals surface area contributed by atoms with Crippen molar-refractivity contribution in [1.29, 1.82) is 0 Å². The van der Waals surface area contributed by atoms with Crippen LogP contribution in [0.3, 0.4) is 0 Å². The second kappa shape index (κ2) is 5.33. The molecule has 0 spiro atoms. The van der Waals surface area contributed by atoms with Crippen LogP contribution >= 0.6 is 0 Å². The predicted octanol–water partition coefficient (Wildman–Crippen LogP) is 1.77. The van der Waals surface area contributed by atoms with Crippen molar-refractivity contribution in [3.8, 4) is 0 Å². The molecule has 0 bridgehead atoms. The molecule has 1 aromatic carbocycles. The molecule has 0 fully saturated rings. The summed E-state index contributed by atoms with van der Waals surface area (Å²) in [6.07, 6.45) is 2.06. The number of aryl methyl sites for hydroxylation is 2. The normalized spacial score (nSPS) is 14.0. The van der Waals surface area contributed by atoms with Crippen LogP contribution < -0.4 is 5.56 Å². The summed E-state index contributed by atoms with van der Waals surface area (Å²) in [6.45, 7) is 2.83. The molecule has 6 nitrogen and oxygen atoms in total. The number of aromatic amines is 1. The molecule has 1 amide bonds. The molecule has 6 heteroatoms. The lowest BCUT2D eigenvalue weighted by atomic mass is 10.0. The van der Waals surface area contributed by atoms with E-state index in [1.807, 2.05) is 31.2 Å². The number of benzene rings is 1. The van der Waals surface area contributed by atoms with Gasteiger partial charge in [0.25, 0.3) is 11.5 Å². The first kappa shape index (κ1) is 14.7. The first-order valence-corrected chi connectivity index (χ1v) is 7.96. The number of hydrogen-bond acceptors (Lipinski definition) is 3. The van der Waals surface area contributed by atoms with Crippen LogP contribution in [0, 0.1) is 6.92 Å². The van der Waals surface area contributed by atoms with Crippen molar-refractivity contribution in [2.75, 3.05) is 6.54 Å². The van der Waals surface area contributed by atoms with Gasteiger partial charge in [-0.1, -0.05) is 18.2 Å². The van der Waals surface area contributed by atoms with E-state index in [0.717, 1.165) is 22.2 Å². The van der Waals surface area contributed by atoms with Crippen LogP contribution in [0.15, 0.2) is 35.4 Å². The number of hydrogen-bond donors (Lipinski definition) is 1. The van der Waals surface area contributed by atoms with Crippen LogP contribution in [-0.2, 0) is 20.0 Å². The third-order valence-corrected chi connectivity index (χ3v) is 4.68. The van der Waals surface area contributed by atoms with Crippen molar-refractivity contribution in [3.05, 3.63) is 63.5 Å². The fourth-order valence-corrected chi connectivity index (χ4v) is 3.40. The maximum absolute atomic E-state index is 13.1. The highest BCUT2D eigenvalue weighted by atomic mass is 16.2. The van der Waals surface area contributed by atoms with Gasteiger partial charge in [0.2, 0.25) is 0 Å². The van der Waals surface area contributed by atoms with Crippen molar-refractivity contribution < 1.29 is 4.79 Å². The Kier molecular flexibility index (Phi) is 3.26. The molecule has 4 rings (SSSR count). The average molecular weight is 322 g/mol. The number of aromatic nitrogens is 3. The number of fused-ring (bicyclic) bond motifs is 2. The SMILES string of the molecule is Cc1[nH]c2ccccc2c1C(=O)N1CCc2c(ncn(C)c2=O)C1. The number of amides is 1. The van der Waals surface area contributed by atoms with Gasteiger partial charge in [0.05, 0.1) is 24.1 Å². The van der Waals surface area contributed by atoms with Gasteiger partial charge >= 0.3 is 0 Å². The Balaban J connectivity index is 1.72. The molecule has 122 valence electrons. The molecule has 1 aliphatic rings. The first-order chi connectivity index (χ1) is 11.6. The second-order valence-corrected chi connectivity index (χ2v) is 6.23. The number of H-pyrrole nitrogens is 1. The number of nitrogens with zero attached hydrogens (tertiary/aromatic N) is 3. The highest BCUT2D eigenvalue weighted by Gasteiger charge is 2.27. The van der Waals surface area contributed by atoms with E-state index in [2.05, 4.69) is 9.97 Å². The van der Waals surface area contributed by atoms with Crippen LogP contribution in [0.4, 0.5) is 0 Å². The molecule has 3 aromatic rings. The maximum atomic E-state index is 13.1. The Morgan fingerprint density at radius 3 is 2.92 bits per heavy atom. The molecule has 0 atom stereocenters. The number of carbonyl (C=O) groups is 1. The first-order valence-electron chi connectivity index (χ1n) is 7.96. The highest BCUT2D eigenvalue weighted by molar-refractivity contribution is 6.08. The van der Waals surface area contributed by atoms with Gasteiger partial charge in [-0.25, -0.2) is 4.98 Å². The Hall–Kier alpha value is -2.89. The van der Waals surface area contributed by atoms with E-state index in [9.17, 15) is 9.59 Å². The molecular weight excluding hydrogens is 304 g/mol. The average Bonchev–Trinajstić information content (AvgIpc) is 2.93. The Labute approximate surface area is 138 Å². The van der Waals surface area contributed by atoms with Gasteiger partial charge in [0, 0.05) is 35.8 Å². The molecule has 0 saturated heterocycles. The molecule has 2 aromatic heterocycles. The largest absolute Gasteiger partial charge is 0.358 e. The van der Waals surface area contributed by atoms with Crippen LogP contribution in [0.25, 0.3) is 10.9 Å². The Bertz CT molecular complexity index is 1020. The zero-order chi connectivity index (χ0) is 16.8. The quantitative estimate of drug-likeness (QED) is 0.742. The summed E-state index contributed by atoms with van der Waals surface area (Å²) in [5.41, 5.74) is 3.94. The lowest BCUT2D eigenvalue weighted by Crippen LogP contribution is -2.40. The second-order valence-electron chi connectivity index (χ2n) is 6.23. The fraction of sp³-hybridized carbons (Fsp3) is 0.278. The molecule has 24 heavy (non-hydrogen) atoms. The summed E-state index contributed by atoms with van der Waals surface area (Å²) in [5, 5.41) is 0.933. The van der Waals surface area contributed by atoms with Gasteiger partial charge in [0.15, 0.2) is 0 Å². The molecule has 0 radical (unpaired) electrons. The summed E-state index contributed by atoms with van der Waals surface area (Å²) < 4.78 is 1.49. The van der Waals surface area contributed by atoms with Crippen molar-refractivity contribution >= 4 is 16.8 Å². The van der Waals surface area contributed by atoms with Gasteiger partial charge in [0.1, 0.15) is 0 Å². The smallest absolute Gasteiger partial charge is 0.256 e. The van der Waals surface area contributed by atoms with E-state index in [1.165, 1.54) is 10.9 Å². The van der Waals surface area contributed by atoms with Crippen molar-refractivity contribution in [1.82, 2.24) is 19.4 Å². The zero-order valence-corrected chi connectivity index (χ0v) is 13.7. The van der Waals surface area contributed by atoms with Gasteiger partial charge < -0.3 is 14.5 Å². The van der Waals surface area contributed by atoms with E-state index < -0.39 is 0 Å². The lowest BCUT2D eigenvalue weighted by molar-refractivity contribution is 0.0732. The summed E-state index contributed by atoms with van der Waals surface area (Å²) >= 11 is 0. The minimum atomic E-state index is -0.0182. The highest BCUT2D eigenvalue weighted by Crippen LogP contribution is 2.25. The topological polar surface area (TPSA) is 71.0 Å². The predicted molar refractivity (Wildman–Crippen MR) is 91.0 cm³/mol. The lowest BCUT2D eigenvalue weighted by Gasteiger charge is -2.28. The molecule has 1 aliphatic heterocycles. The van der Waals surface area contributed by atoms with E-state index in [1.54, 1.807) is 11.9 Å². The van der Waals surface area contributed by atoms with Gasteiger partial charge in [-0.05, 0) is 19.4 Å². The minimum absolute atomic E-state index is 0.0157. The van der Waals surface area contributed by atoms with E-state index in [0.29, 0.717) is 30.8 Å². The number of rotatable bonds is 1. The maximum Gasteiger partial charge on any atom is 0.256 e. The number of para-hydroxylation sites is 1. The van der Waals surface area contributed by atoms with Crippen molar-refractivity contribution in [3.63, 3.8) is 0 Å². The monoisotopic (exact) mass is 322 g/mol. The Morgan fingerprint density at radius 1 is 1.29 bits per heavy atom. The fourth-order valence-electron chi connectivity index (χ4n) is 3.40. The Morgan fingerprint density at radius 2 is 2.08 bits per heavy atom. The minimum Gasteiger partial charge on any atom is -0.358 e.